The Labute approximate surface area is 183 Å². The normalized spacial score (nSPS) is 24.3. The van der Waals surface area contributed by atoms with Gasteiger partial charge >= 0.3 is 12.7 Å². The molecule has 2 aliphatic heterocycles. The van der Waals surface area contributed by atoms with Crippen molar-refractivity contribution < 1.29 is 34.1 Å². The lowest BCUT2D eigenvalue weighted by Gasteiger charge is -2.54. The lowest BCUT2D eigenvalue weighted by Crippen LogP contribution is -2.60. The Morgan fingerprint density at radius 1 is 1.34 bits per heavy atom. The lowest BCUT2D eigenvalue weighted by molar-refractivity contribution is -0.141. The number of carbonyl (C=O) groups excluding carboxylic acids is 1. The van der Waals surface area contributed by atoms with Crippen LogP contribution in [0, 0.1) is 0 Å². The van der Waals surface area contributed by atoms with Crippen molar-refractivity contribution in [1.82, 2.24) is 14.9 Å². The van der Waals surface area contributed by atoms with Crippen LogP contribution in [0.15, 0.2) is 24.7 Å². The third kappa shape index (κ3) is 3.40. The first-order chi connectivity index (χ1) is 15.2. The van der Waals surface area contributed by atoms with Crippen molar-refractivity contribution in [2.24, 2.45) is 5.73 Å². The Balaban J connectivity index is 1.28. The number of carbonyl (C=O) groups is 2. The SMILES string of the molecule is N[C@@H](Cc1cnc[nH]1)C(=O)N1CC(Oc2ccc3c(c2C(=O)O)O[B-](O)(O)[C@@H]2CC[C@H]32)C1. The standard InChI is InChI=1S/C20H24BN4O7/c22-15(5-10-6-23-9-24-10)19(26)25-7-11(8-25)31-16-4-2-13-12-1-3-14(12)21(29,30)32-18(13)17(16)20(27)28/h2,4,6,9,11-12,14-15,29-30H,1,3,5,7-8,22H2,(H,23,24)(H,27,28)/q-1/t12-,14-,15+/m1/s1. The number of nitrogens with two attached hydrogens (primary N) is 1. The van der Waals surface area contributed by atoms with Crippen LogP contribution < -0.4 is 15.1 Å². The van der Waals surface area contributed by atoms with Gasteiger partial charge in [-0.05, 0) is 17.5 Å². The number of likely N-dealkylation sites (tertiary alicyclic amines) is 1. The number of nitrogens with one attached hydrogen (secondary N) is 1. The molecule has 1 saturated heterocycles. The minimum atomic E-state index is -3.13. The summed E-state index contributed by atoms with van der Waals surface area (Å²) in [6, 6.07) is 2.58. The van der Waals surface area contributed by atoms with E-state index >= 15 is 0 Å². The van der Waals surface area contributed by atoms with Crippen LogP contribution in [-0.4, -0.2) is 73.9 Å². The molecule has 3 atom stereocenters. The molecule has 3 aliphatic rings. The predicted molar refractivity (Wildman–Crippen MR) is 111 cm³/mol. The summed E-state index contributed by atoms with van der Waals surface area (Å²) in [5.41, 5.74) is 7.18. The number of ether oxygens (including phenoxy) is 1. The van der Waals surface area contributed by atoms with Gasteiger partial charge in [-0.3, -0.25) is 4.79 Å². The van der Waals surface area contributed by atoms with Crippen LogP contribution in [0.25, 0.3) is 0 Å². The minimum absolute atomic E-state index is 0.0465. The number of carboxylic acid groups (broad SMARTS) is 1. The van der Waals surface area contributed by atoms with Gasteiger partial charge in [-0.15, -0.1) is 0 Å². The van der Waals surface area contributed by atoms with Crippen LogP contribution in [0.5, 0.6) is 11.5 Å². The highest BCUT2D eigenvalue weighted by Gasteiger charge is 2.50. The summed E-state index contributed by atoms with van der Waals surface area (Å²) in [5, 5.41) is 30.4. The Hall–Kier alpha value is -3.09. The third-order valence-electron chi connectivity index (χ3n) is 6.71. The molecule has 0 spiro atoms. The molecule has 1 aliphatic carbocycles. The van der Waals surface area contributed by atoms with Crippen molar-refractivity contribution in [3.05, 3.63) is 41.5 Å². The molecule has 170 valence electrons. The predicted octanol–water partition coefficient (Wildman–Crippen LogP) is -0.169. The van der Waals surface area contributed by atoms with E-state index in [1.807, 2.05) is 0 Å². The number of H-pyrrole nitrogens is 1. The highest BCUT2D eigenvalue weighted by Crippen LogP contribution is 2.58. The summed E-state index contributed by atoms with van der Waals surface area (Å²) in [6.07, 6.45) is 4.41. The van der Waals surface area contributed by atoms with Gasteiger partial charge in [-0.1, -0.05) is 24.7 Å². The summed E-state index contributed by atoms with van der Waals surface area (Å²) in [4.78, 5) is 32.9. The van der Waals surface area contributed by atoms with E-state index in [0.717, 1.165) is 12.1 Å². The molecule has 12 heteroatoms. The Kier molecular flexibility index (Phi) is 4.88. The molecule has 5 rings (SSSR count). The topological polar surface area (TPSA) is 171 Å². The van der Waals surface area contributed by atoms with Crippen molar-refractivity contribution in [1.29, 1.82) is 0 Å². The lowest BCUT2D eigenvalue weighted by atomic mass is 9.46. The molecule has 1 saturated carbocycles. The number of fused-ring (bicyclic) bond motifs is 3. The number of hydrogen-bond acceptors (Lipinski definition) is 8. The molecule has 1 aromatic heterocycles. The molecule has 0 radical (unpaired) electrons. The fourth-order valence-electron chi connectivity index (χ4n) is 4.82. The van der Waals surface area contributed by atoms with Crippen LogP contribution in [-0.2, 0) is 11.2 Å². The maximum absolute atomic E-state index is 12.5. The first kappa shape index (κ1) is 20.8. The first-order valence-electron chi connectivity index (χ1n) is 10.6. The quantitative estimate of drug-likeness (QED) is 0.380. The molecular formula is C20H24BN4O7-. The molecule has 0 unspecified atom stereocenters. The number of carboxylic acids is 1. The molecular weight excluding hydrogens is 419 g/mol. The van der Waals surface area contributed by atoms with Crippen molar-refractivity contribution in [2.45, 2.75) is 43.1 Å². The Morgan fingerprint density at radius 3 is 2.75 bits per heavy atom. The molecule has 3 heterocycles. The number of aromatic carboxylic acids is 1. The van der Waals surface area contributed by atoms with Crippen LogP contribution in [0.2, 0.25) is 5.82 Å². The molecule has 2 fully saturated rings. The highest BCUT2D eigenvalue weighted by molar-refractivity contribution is 6.61. The van der Waals surface area contributed by atoms with Gasteiger partial charge in [0.1, 0.15) is 17.4 Å². The second kappa shape index (κ2) is 7.50. The fourth-order valence-corrected chi connectivity index (χ4v) is 4.82. The fraction of sp³-hybridized carbons (Fsp3) is 0.450. The second-order valence-corrected chi connectivity index (χ2v) is 8.76. The maximum atomic E-state index is 12.5. The second-order valence-electron chi connectivity index (χ2n) is 8.76. The van der Waals surface area contributed by atoms with E-state index in [0.29, 0.717) is 18.4 Å². The van der Waals surface area contributed by atoms with Crippen molar-refractivity contribution in [3.63, 3.8) is 0 Å². The number of aromatic amines is 1. The van der Waals surface area contributed by atoms with Crippen LogP contribution >= 0.6 is 0 Å². The monoisotopic (exact) mass is 443 g/mol. The maximum Gasteiger partial charge on any atom is 0.434 e. The highest BCUT2D eigenvalue weighted by atomic mass is 16.6. The number of hydrogen-bond donors (Lipinski definition) is 5. The van der Waals surface area contributed by atoms with Crippen molar-refractivity contribution in [2.75, 3.05) is 13.1 Å². The Morgan fingerprint density at radius 2 is 2.12 bits per heavy atom. The molecule has 32 heavy (non-hydrogen) atoms. The number of amides is 1. The zero-order valence-corrected chi connectivity index (χ0v) is 17.2. The number of aromatic nitrogens is 2. The first-order valence-corrected chi connectivity index (χ1v) is 10.6. The van der Waals surface area contributed by atoms with Crippen molar-refractivity contribution in [3.8, 4) is 11.5 Å². The zero-order valence-electron chi connectivity index (χ0n) is 17.2. The number of benzene rings is 1. The van der Waals surface area contributed by atoms with E-state index in [1.165, 1.54) is 6.33 Å². The van der Waals surface area contributed by atoms with Gasteiger partial charge in [0.25, 0.3) is 0 Å². The summed E-state index contributed by atoms with van der Waals surface area (Å²) >= 11 is 0. The van der Waals surface area contributed by atoms with Crippen LogP contribution in [0.4, 0.5) is 0 Å². The van der Waals surface area contributed by atoms with Crippen LogP contribution in [0.3, 0.4) is 0 Å². The van der Waals surface area contributed by atoms with Gasteiger partial charge in [0.15, 0.2) is 0 Å². The molecule has 0 bridgehead atoms. The summed E-state index contributed by atoms with van der Waals surface area (Å²) in [7, 11) is 0. The molecule has 11 nitrogen and oxygen atoms in total. The third-order valence-corrected chi connectivity index (χ3v) is 6.71. The van der Waals surface area contributed by atoms with E-state index in [9.17, 15) is 24.7 Å². The summed E-state index contributed by atoms with van der Waals surface area (Å²) in [6.45, 7) is -2.60. The number of nitrogens with zero attached hydrogens (tertiary/aromatic N) is 2. The average Bonchev–Trinajstić information content (AvgIpc) is 3.15. The molecule has 1 aromatic carbocycles. The molecule has 2 aromatic rings. The minimum Gasteiger partial charge on any atom is -0.669 e. The van der Waals surface area contributed by atoms with Gasteiger partial charge in [-0.2, -0.15) is 0 Å². The number of rotatable bonds is 6. The largest absolute Gasteiger partial charge is 0.669 e. The summed E-state index contributed by atoms with van der Waals surface area (Å²) < 4.78 is 11.2. The van der Waals surface area contributed by atoms with Gasteiger partial charge in [0.2, 0.25) is 5.91 Å². The average molecular weight is 443 g/mol. The summed E-state index contributed by atoms with van der Waals surface area (Å²) in [5.74, 6) is -2.05. The number of imidazole rings is 1. The van der Waals surface area contributed by atoms with Gasteiger partial charge in [0, 0.05) is 18.3 Å². The van der Waals surface area contributed by atoms with Crippen molar-refractivity contribution >= 4 is 18.6 Å². The van der Waals surface area contributed by atoms with Gasteiger partial charge in [0.05, 0.1) is 31.2 Å². The van der Waals surface area contributed by atoms with E-state index < -0.39 is 30.7 Å². The van der Waals surface area contributed by atoms with E-state index in [2.05, 4.69) is 9.97 Å². The Bertz CT molecular complexity index is 1050. The van der Waals surface area contributed by atoms with E-state index in [4.69, 9.17) is 15.1 Å². The van der Waals surface area contributed by atoms with E-state index in [-0.39, 0.29) is 42.0 Å². The van der Waals surface area contributed by atoms with Gasteiger partial charge in [-0.25, -0.2) is 9.78 Å². The smallest absolute Gasteiger partial charge is 0.434 e. The van der Waals surface area contributed by atoms with Crippen LogP contribution in [0.1, 0.15) is 40.4 Å². The molecule has 1 amide bonds. The molecule has 6 N–H and O–H groups in total. The van der Waals surface area contributed by atoms with E-state index in [1.54, 1.807) is 23.2 Å². The zero-order chi connectivity index (χ0) is 22.6. The van der Waals surface area contributed by atoms with Gasteiger partial charge < -0.3 is 40.2 Å².